The Morgan fingerprint density at radius 1 is 1.24 bits per heavy atom. The molecule has 0 amide bonds. The van der Waals surface area contributed by atoms with Gasteiger partial charge in [-0.25, -0.2) is 18.4 Å². The van der Waals surface area contributed by atoms with Crippen molar-refractivity contribution in [2.24, 2.45) is 13.0 Å². The molecule has 0 aliphatic carbocycles. The van der Waals surface area contributed by atoms with Crippen LogP contribution in [0.1, 0.15) is 23.7 Å². The molecule has 0 bridgehead atoms. The van der Waals surface area contributed by atoms with Crippen molar-refractivity contribution in [1.82, 2.24) is 18.8 Å². The lowest BCUT2D eigenvalue weighted by atomic mass is 9.98. The second-order valence-electron chi connectivity index (χ2n) is 7.10. The van der Waals surface area contributed by atoms with Gasteiger partial charge in [-0.05, 0) is 31.9 Å². The molecule has 0 N–H and O–H groups in total. The van der Waals surface area contributed by atoms with Gasteiger partial charge in [0.2, 0.25) is 0 Å². The van der Waals surface area contributed by atoms with E-state index in [4.69, 9.17) is 4.74 Å². The van der Waals surface area contributed by atoms with Crippen LogP contribution in [0, 0.1) is 12.8 Å². The molecule has 0 atom stereocenters. The van der Waals surface area contributed by atoms with Crippen LogP contribution in [0.15, 0.2) is 35.5 Å². The Hall–Kier alpha value is -2.30. The lowest BCUT2D eigenvalue weighted by Gasteiger charge is -2.29. The first-order chi connectivity index (χ1) is 13.8. The second kappa shape index (κ2) is 7.85. The van der Waals surface area contributed by atoms with E-state index in [-0.39, 0.29) is 36.6 Å². The molecule has 1 fully saturated rings. The van der Waals surface area contributed by atoms with Crippen LogP contribution in [0.3, 0.4) is 0 Å². The maximum atomic E-state index is 12.8. The quantitative estimate of drug-likeness (QED) is 0.573. The Morgan fingerprint density at radius 2 is 1.97 bits per heavy atom. The molecule has 8 nitrogen and oxygen atoms in total. The lowest BCUT2D eigenvalue weighted by Crippen LogP contribution is -2.40. The van der Waals surface area contributed by atoms with Crippen LogP contribution >= 0.6 is 11.3 Å². The number of sulfonamides is 1. The molecular weight excluding hydrogens is 412 g/mol. The molecular formula is C19H22N4O4S2. The van der Waals surface area contributed by atoms with Gasteiger partial charge in [0.1, 0.15) is 17.4 Å². The monoisotopic (exact) mass is 434 g/mol. The Balaban J connectivity index is 1.33. The number of hydrogen-bond acceptors (Lipinski definition) is 7. The first kappa shape index (κ1) is 20.0. The number of rotatable bonds is 5. The Labute approximate surface area is 173 Å². The standard InChI is InChI=1S/C19H22N4O4S2/c1-13-20-18(11-22(13)2)29(25,26)23-9-7-14(8-10-23)19(24)27-12-17-21-15-5-3-4-6-16(15)28-17/h3-6,11,14H,7-10,12H2,1-2H3. The highest BCUT2D eigenvalue weighted by Crippen LogP contribution is 2.26. The first-order valence-electron chi connectivity index (χ1n) is 9.36. The van der Waals surface area contributed by atoms with Crippen molar-refractivity contribution in [3.8, 4) is 0 Å². The van der Waals surface area contributed by atoms with Crippen LogP contribution in [0.4, 0.5) is 0 Å². The highest BCUT2D eigenvalue weighted by Gasteiger charge is 2.34. The van der Waals surface area contributed by atoms with Gasteiger partial charge < -0.3 is 9.30 Å². The summed E-state index contributed by atoms with van der Waals surface area (Å²) in [4.78, 5) is 21.0. The number of esters is 1. The molecule has 1 aliphatic heterocycles. The van der Waals surface area contributed by atoms with E-state index in [1.165, 1.54) is 21.8 Å². The van der Waals surface area contributed by atoms with Crippen molar-refractivity contribution < 1.29 is 17.9 Å². The maximum absolute atomic E-state index is 12.8. The predicted octanol–water partition coefficient (Wildman–Crippen LogP) is 2.48. The number of thiazole rings is 1. The van der Waals surface area contributed by atoms with Crippen molar-refractivity contribution in [2.45, 2.75) is 31.4 Å². The summed E-state index contributed by atoms with van der Waals surface area (Å²) >= 11 is 1.51. The SMILES string of the molecule is Cc1nc(S(=O)(=O)N2CCC(C(=O)OCc3nc4ccccc4s3)CC2)cn1C. The molecule has 10 heteroatoms. The van der Waals surface area contributed by atoms with E-state index < -0.39 is 10.0 Å². The molecule has 0 spiro atoms. The van der Waals surface area contributed by atoms with Crippen LogP contribution in [-0.4, -0.2) is 46.3 Å². The zero-order chi connectivity index (χ0) is 20.6. The molecule has 154 valence electrons. The van der Waals surface area contributed by atoms with E-state index in [1.807, 2.05) is 24.3 Å². The summed E-state index contributed by atoms with van der Waals surface area (Å²) in [6, 6.07) is 7.78. The molecule has 0 radical (unpaired) electrons. The maximum Gasteiger partial charge on any atom is 0.309 e. The highest BCUT2D eigenvalue weighted by molar-refractivity contribution is 7.89. The summed E-state index contributed by atoms with van der Waals surface area (Å²) in [5.74, 6) is 0.0353. The fourth-order valence-corrected chi connectivity index (χ4v) is 5.72. The van der Waals surface area contributed by atoms with Crippen molar-refractivity contribution >= 4 is 37.5 Å². The number of aryl methyl sites for hydroxylation is 2. The van der Waals surface area contributed by atoms with Crippen LogP contribution in [0.5, 0.6) is 0 Å². The lowest BCUT2D eigenvalue weighted by molar-refractivity contribution is -0.151. The van der Waals surface area contributed by atoms with E-state index in [2.05, 4.69) is 9.97 Å². The van der Waals surface area contributed by atoms with Crippen molar-refractivity contribution in [3.05, 3.63) is 41.3 Å². The molecule has 1 aliphatic rings. The number of fused-ring (bicyclic) bond motifs is 1. The topological polar surface area (TPSA) is 94.4 Å². The number of piperidine rings is 1. The van der Waals surface area contributed by atoms with Crippen LogP contribution in [0.2, 0.25) is 0 Å². The van der Waals surface area contributed by atoms with Gasteiger partial charge in [0, 0.05) is 26.3 Å². The van der Waals surface area contributed by atoms with Crippen LogP contribution in [-0.2, 0) is 33.2 Å². The molecule has 29 heavy (non-hydrogen) atoms. The molecule has 3 aromatic rings. The fourth-order valence-electron chi connectivity index (χ4n) is 3.35. The largest absolute Gasteiger partial charge is 0.458 e. The number of carbonyl (C=O) groups is 1. The highest BCUT2D eigenvalue weighted by atomic mass is 32.2. The minimum Gasteiger partial charge on any atom is -0.458 e. The predicted molar refractivity (Wildman–Crippen MR) is 109 cm³/mol. The third kappa shape index (κ3) is 4.05. The minimum atomic E-state index is -3.64. The van der Waals surface area contributed by atoms with Crippen molar-refractivity contribution in [1.29, 1.82) is 0 Å². The molecule has 0 saturated carbocycles. The average Bonchev–Trinajstić information content (AvgIpc) is 3.29. The van der Waals surface area contributed by atoms with Gasteiger partial charge in [0.15, 0.2) is 5.03 Å². The van der Waals surface area contributed by atoms with Gasteiger partial charge in [-0.3, -0.25) is 4.79 Å². The van der Waals surface area contributed by atoms with Crippen LogP contribution in [0.25, 0.3) is 10.2 Å². The van der Waals surface area contributed by atoms with Gasteiger partial charge in [-0.2, -0.15) is 4.31 Å². The smallest absolute Gasteiger partial charge is 0.309 e. The molecule has 1 aromatic carbocycles. The number of imidazole rings is 1. The third-order valence-corrected chi connectivity index (χ3v) is 7.93. The molecule has 2 aromatic heterocycles. The zero-order valence-corrected chi connectivity index (χ0v) is 17.9. The number of para-hydroxylation sites is 1. The number of carbonyl (C=O) groups excluding carboxylic acids is 1. The number of benzene rings is 1. The average molecular weight is 435 g/mol. The summed E-state index contributed by atoms with van der Waals surface area (Å²) < 4.78 is 35.1. The molecule has 0 unspecified atom stereocenters. The fraction of sp³-hybridized carbons (Fsp3) is 0.421. The summed E-state index contributed by atoms with van der Waals surface area (Å²) in [7, 11) is -1.88. The second-order valence-corrected chi connectivity index (χ2v) is 10.1. The Bertz CT molecular complexity index is 1090. The summed E-state index contributed by atoms with van der Waals surface area (Å²) in [6.45, 7) is 2.45. The van der Waals surface area contributed by atoms with Gasteiger partial charge in [0.25, 0.3) is 10.0 Å². The van der Waals surface area contributed by atoms with Gasteiger partial charge in [0.05, 0.1) is 16.1 Å². The minimum absolute atomic E-state index is 0.0503. The van der Waals surface area contributed by atoms with Crippen molar-refractivity contribution in [3.63, 3.8) is 0 Å². The Kier molecular flexibility index (Phi) is 5.41. The first-order valence-corrected chi connectivity index (χ1v) is 11.6. The van der Waals surface area contributed by atoms with Crippen LogP contribution < -0.4 is 0 Å². The number of ether oxygens (including phenoxy) is 1. The van der Waals surface area contributed by atoms with E-state index in [0.717, 1.165) is 15.2 Å². The number of hydrogen-bond donors (Lipinski definition) is 0. The Morgan fingerprint density at radius 3 is 2.62 bits per heavy atom. The van der Waals surface area contributed by atoms with E-state index >= 15 is 0 Å². The number of nitrogens with zero attached hydrogens (tertiary/aromatic N) is 4. The van der Waals surface area contributed by atoms with Gasteiger partial charge in [-0.1, -0.05) is 12.1 Å². The molecule has 3 heterocycles. The summed E-state index contributed by atoms with van der Waals surface area (Å²) in [5.41, 5.74) is 0.895. The van der Waals surface area contributed by atoms with Gasteiger partial charge in [-0.15, -0.1) is 11.3 Å². The molecule has 4 rings (SSSR count). The normalized spacial score (nSPS) is 16.3. The van der Waals surface area contributed by atoms with E-state index in [1.54, 1.807) is 18.5 Å². The third-order valence-electron chi connectivity index (χ3n) is 5.15. The van der Waals surface area contributed by atoms with Gasteiger partial charge >= 0.3 is 5.97 Å². The molecule has 1 saturated heterocycles. The van der Waals surface area contributed by atoms with E-state index in [0.29, 0.717) is 18.7 Å². The zero-order valence-electron chi connectivity index (χ0n) is 16.2. The van der Waals surface area contributed by atoms with Crippen molar-refractivity contribution in [2.75, 3.05) is 13.1 Å². The summed E-state index contributed by atoms with van der Waals surface area (Å²) in [5, 5.41) is 0.805. The summed E-state index contributed by atoms with van der Waals surface area (Å²) in [6.07, 6.45) is 2.39. The number of aromatic nitrogens is 3. The van der Waals surface area contributed by atoms with E-state index in [9.17, 15) is 13.2 Å².